The molecule has 1 aromatic heterocycles. The van der Waals surface area contributed by atoms with Gasteiger partial charge in [-0.2, -0.15) is 0 Å². The summed E-state index contributed by atoms with van der Waals surface area (Å²) in [7, 11) is 0. The van der Waals surface area contributed by atoms with Crippen molar-refractivity contribution in [2.45, 2.75) is 18.9 Å². The first-order valence-electron chi connectivity index (χ1n) is 8.78. The van der Waals surface area contributed by atoms with E-state index in [0.29, 0.717) is 38.5 Å². The van der Waals surface area contributed by atoms with Gasteiger partial charge in [-0.15, -0.1) is 0 Å². The lowest BCUT2D eigenvalue weighted by atomic mass is 10.1. The maximum Gasteiger partial charge on any atom is 0.272 e. The Morgan fingerprint density at radius 3 is 2.52 bits per heavy atom. The van der Waals surface area contributed by atoms with Gasteiger partial charge in [0.25, 0.3) is 11.8 Å². The zero-order valence-electron chi connectivity index (χ0n) is 14.1. The fraction of sp³-hybridized carbons (Fsp3) is 0.421. The number of fused-ring (bicyclic) bond motifs is 1. The van der Waals surface area contributed by atoms with Crippen LogP contribution in [-0.4, -0.2) is 65.5 Å². The van der Waals surface area contributed by atoms with Crippen LogP contribution in [0.25, 0.3) is 10.9 Å². The SMILES string of the molecule is O=C(c1ccc2ccccc2n1)N1CCN(C(=O)C2CCCO2)CC1. The van der Waals surface area contributed by atoms with Crippen LogP contribution in [0.15, 0.2) is 36.4 Å². The van der Waals surface area contributed by atoms with Gasteiger partial charge in [0.05, 0.1) is 5.52 Å². The van der Waals surface area contributed by atoms with Gasteiger partial charge < -0.3 is 14.5 Å². The molecule has 25 heavy (non-hydrogen) atoms. The molecule has 0 radical (unpaired) electrons. The van der Waals surface area contributed by atoms with Crippen molar-refractivity contribution >= 4 is 22.7 Å². The molecular weight excluding hydrogens is 318 g/mol. The Balaban J connectivity index is 1.41. The molecule has 1 aromatic carbocycles. The number of hydrogen-bond donors (Lipinski definition) is 0. The average molecular weight is 339 g/mol. The number of pyridine rings is 1. The summed E-state index contributed by atoms with van der Waals surface area (Å²) in [5, 5.41) is 1.02. The van der Waals surface area contributed by atoms with Gasteiger partial charge in [-0.3, -0.25) is 9.59 Å². The molecule has 0 spiro atoms. The monoisotopic (exact) mass is 339 g/mol. The second-order valence-corrected chi connectivity index (χ2v) is 6.51. The quantitative estimate of drug-likeness (QED) is 0.835. The molecule has 2 aliphatic rings. The highest BCUT2D eigenvalue weighted by molar-refractivity contribution is 5.95. The predicted molar refractivity (Wildman–Crippen MR) is 93.2 cm³/mol. The molecule has 0 saturated carbocycles. The van der Waals surface area contributed by atoms with Crippen LogP contribution in [0.5, 0.6) is 0 Å². The van der Waals surface area contributed by atoms with Gasteiger partial charge >= 0.3 is 0 Å². The van der Waals surface area contributed by atoms with E-state index in [9.17, 15) is 9.59 Å². The molecule has 4 rings (SSSR count). The molecule has 2 aromatic rings. The van der Waals surface area contributed by atoms with Crippen LogP contribution < -0.4 is 0 Å². The van der Waals surface area contributed by atoms with E-state index < -0.39 is 0 Å². The number of ether oxygens (including phenoxy) is 1. The maximum atomic E-state index is 12.7. The van der Waals surface area contributed by atoms with Crippen LogP contribution in [0.4, 0.5) is 0 Å². The number of rotatable bonds is 2. The zero-order chi connectivity index (χ0) is 17.2. The number of carbonyl (C=O) groups is 2. The smallest absolute Gasteiger partial charge is 0.272 e. The van der Waals surface area contributed by atoms with Gasteiger partial charge in [0.15, 0.2) is 0 Å². The number of benzene rings is 1. The summed E-state index contributed by atoms with van der Waals surface area (Å²) in [6, 6.07) is 11.5. The predicted octanol–water partition coefficient (Wildman–Crippen LogP) is 1.70. The Labute approximate surface area is 146 Å². The Bertz CT molecular complexity index is 793. The van der Waals surface area contributed by atoms with E-state index in [1.807, 2.05) is 35.2 Å². The van der Waals surface area contributed by atoms with Gasteiger partial charge in [-0.25, -0.2) is 4.98 Å². The van der Waals surface area contributed by atoms with Crippen LogP contribution in [0, 0.1) is 0 Å². The first-order chi connectivity index (χ1) is 12.2. The van der Waals surface area contributed by atoms with E-state index in [4.69, 9.17) is 4.74 Å². The number of nitrogens with zero attached hydrogens (tertiary/aromatic N) is 3. The lowest BCUT2D eigenvalue weighted by molar-refractivity contribution is -0.142. The summed E-state index contributed by atoms with van der Waals surface area (Å²) in [4.78, 5) is 33.2. The summed E-state index contributed by atoms with van der Waals surface area (Å²) < 4.78 is 5.47. The second kappa shape index (κ2) is 6.80. The summed E-state index contributed by atoms with van der Waals surface area (Å²) >= 11 is 0. The fourth-order valence-electron chi connectivity index (χ4n) is 3.45. The Kier molecular flexibility index (Phi) is 4.36. The van der Waals surface area contributed by atoms with Gasteiger partial charge in [0, 0.05) is 38.2 Å². The lowest BCUT2D eigenvalue weighted by Gasteiger charge is -2.35. The highest BCUT2D eigenvalue weighted by atomic mass is 16.5. The van der Waals surface area contributed by atoms with Crippen molar-refractivity contribution in [2.75, 3.05) is 32.8 Å². The topological polar surface area (TPSA) is 62.7 Å². The largest absolute Gasteiger partial charge is 0.368 e. The van der Waals surface area contributed by atoms with Gasteiger partial charge in [0.1, 0.15) is 11.8 Å². The number of carbonyl (C=O) groups excluding carboxylic acids is 2. The summed E-state index contributed by atoms with van der Waals surface area (Å²) in [5.74, 6) is -0.0107. The average Bonchev–Trinajstić information content (AvgIpc) is 3.21. The molecule has 2 amide bonds. The molecule has 3 heterocycles. The number of piperazine rings is 1. The third-order valence-electron chi connectivity index (χ3n) is 4.90. The van der Waals surface area contributed by atoms with Gasteiger partial charge in [-0.1, -0.05) is 24.3 Å². The van der Waals surface area contributed by atoms with E-state index in [-0.39, 0.29) is 17.9 Å². The van der Waals surface area contributed by atoms with Gasteiger partial charge in [0.2, 0.25) is 0 Å². The van der Waals surface area contributed by atoms with Crippen LogP contribution >= 0.6 is 0 Å². The molecule has 2 aliphatic heterocycles. The van der Waals surface area contributed by atoms with Crippen molar-refractivity contribution in [1.29, 1.82) is 0 Å². The molecule has 2 fully saturated rings. The van der Waals surface area contributed by atoms with E-state index in [2.05, 4.69) is 4.98 Å². The first-order valence-corrected chi connectivity index (χ1v) is 8.78. The van der Waals surface area contributed by atoms with E-state index in [1.165, 1.54) is 0 Å². The molecule has 6 nitrogen and oxygen atoms in total. The Hall–Kier alpha value is -2.47. The number of hydrogen-bond acceptors (Lipinski definition) is 4. The standard InChI is InChI=1S/C19H21N3O3/c23-18(16-8-7-14-4-1-2-5-15(14)20-16)21-9-11-22(12-10-21)19(24)17-6-3-13-25-17/h1-2,4-5,7-8,17H,3,6,9-13H2. The zero-order valence-corrected chi connectivity index (χ0v) is 14.1. The Morgan fingerprint density at radius 2 is 1.76 bits per heavy atom. The van der Waals surface area contributed by atoms with Crippen molar-refractivity contribution in [3.8, 4) is 0 Å². The maximum absolute atomic E-state index is 12.7. The third kappa shape index (κ3) is 3.22. The van der Waals surface area contributed by atoms with Crippen molar-refractivity contribution in [3.63, 3.8) is 0 Å². The van der Waals surface area contributed by atoms with Crippen LogP contribution in [0.3, 0.4) is 0 Å². The third-order valence-corrected chi connectivity index (χ3v) is 4.90. The van der Waals surface area contributed by atoms with Gasteiger partial charge in [-0.05, 0) is 25.0 Å². The normalized spacial score (nSPS) is 20.9. The minimum Gasteiger partial charge on any atom is -0.368 e. The molecule has 0 aliphatic carbocycles. The Morgan fingerprint density at radius 1 is 1.00 bits per heavy atom. The minimum atomic E-state index is -0.288. The fourth-order valence-corrected chi connectivity index (χ4v) is 3.45. The molecule has 1 unspecified atom stereocenters. The lowest BCUT2D eigenvalue weighted by Crippen LogP contribution is -2.52. The number of amides is 2. The molecule has 0 N–H and O–H groups in total. The number of aromatic nitrogens is 1. The molecule has 1 atom stereocenters. The van der Waals surface area contributed by atoms with E-state index in [1.54, 1.807) is 11.0 Å². The van der Waals surface area contributed by atoms with E-state index in [0.717, 1.165) is 23.7 Å². The first kappa shape index (κ1) is 16.0. The summed E-state index contributed by atoms with van der Waals surface area (Å²) in [6.45, 7) is 2.84. The van der Waals surface area contributed by atoms with Crippen LogP contribution in [0.2, 0.25) is 0 Å². The van der Waals surface area contributed by atoms with Crippen molar-refractivity contribution in [2.24, 2.45) is 0 Å². The van der Waals surface area contributed by atoms with Crippen molar-refractivity contribution in [1.82, 2.24) is 14.8 Å². The van der Waals surface area contributed by atoms with Crippen molar-refractivity contribution < 1.29 is 14.3 Å². The molecule has 130 valence electrons. The summed E-state index contributed by atoms with van der Waals surface area (Å²) in [5.41, 5.74) is 1.28. The highest BCUT2D eigenvalue weighted by Gasteiger charge is 2.31. The van der Waals surface area contributed by atoms with E-state index >= 15 is 0 Å². The molecule has 6 heteroatoms. The molecular formula is C19H21N3O3. The molecule has 0 bridgehead atoms. The summed E-state index contributed by atoms with van der Waals surface area (Å²) in [6.07, 6.45) is 1.46. The molecule has 2 saturated heterocycles. The second-order valence-electron chi connectivity index (χ2n) is 6.51. The highest BCUT2D eigenvalue weighted by Crippen LogP contribution is 2.17. The number of para-hydroxylation sites is 1. The van der Waals surface area contributed by atoms with Crippen LogP contribution in [0.1, 0.15) is 23.3 Å². The van der Waals surface area contributed by atoms with Crippen LogP contribution in [-0.2, 0) is 9.53 Å². The van der Waals surface area contributed by atoms with Crippen molar-refractivity contribution in [3.05, 3.63) is 42.1 Å². The minimum absolute atomic E-state index is 0.0634.